The Bertz CT molecular complexity index is 1080. The molecule has 4 aliphatic carbocycles. The Morgan fingerprint density at radius 3 is 2.48 bits per heavy atom. The summed E-state index contributed by atoms with van der Waals surface area (Å²) < 4.78 is 37.5. The van der Waals surface area contributed by atoms with E-state index >= 15 is 0 Å². The lowest BCUT2D eigenvalue weighted by Gasteiger charge is -2.61. The Balaban J connectivity index is 1.30. The predicted octanol–water partition coefficient (Wildman–Crippen LogP) is 3.73. The molecule has 0 spiro atoms. The standard InChI is InChI=1S/C31H46O9/c1-15(2)21-11-18-12-30(27-35-9-10-36-27)20-8-7-16(3)19(20)13-29(18,31(21,30)26(33)34)14-37-25-22(32)24-23(17(4)38-25)39-28(5,6)40-24/h11,15-20,22-25,27,32H,7-10,12-14H2,1-6H3,(H,33,34)/t16?,17-,18?,19?,20?,22+,23-,24+,25-,29?,30?,31?/m1/s1. The van der Waals surface area contributed by atoms with Crippen LogP contribution in [-0.4, -0.2) is 78.8 Å². The molecule has 3 saturated carbocycles. The first-order valence-corrected chi connectivity index (χ1v) is 15.4. The highest BCUT2D eigenvalue weighted by atomic mass is 16.8. The number of fused-ring (bicyclic) bond motifs is 3. The highest BCUT2D eigenvalue weighted by molar-refractivity contribution is 5.85. The summed E-state index contributed by atoms with van der Waals surface area (Å²) in [6, 6.07) is 0. The van der Waals surface area contributed by atoms with Gasteiger partial charge in [0.15, 0.2) is 18.4 Å². The van der Waals surface area contributed by atoms with Gasteiger partial charge in [0.05, 0.1) is 25.9 Å². The summed E-state index contributed by atoms with van der Waals surface area (Å²) in [6.45, 7) is 13.3. The lowest BCUT2D eigenvalue weighted by Crippen LogP contribution is -2.67. The molecule has 0 aromatic carbocycles. The molecule has 9 heteroatoms. The van der Waals surface area contributed by atoms with Crippen molar-refractivity contribution in [2.45, 2.75) is 110 Å². The highest BCUT2D eigenvalue weighted by Gasteiger charge is 2.86. The lowest BCUT2D eigenvalue weighted by atomic mass is 9.42. The third-order valence-electron chi connectivity index (χ3n) is 12.0. The minimum Gasteiger partial charge on any atom is -0.481 e. The Labute approximate surface area is 236 Å². The maximum atomic E-state index is 14.0. The number of carboxylic acid groups (broad SMARTS) is 1. The number of aliphatic hydroxyl groups is 1. The van der Waals surface area contributed by atoms with Gasteiger partial charge in [0.25, 0.3) is 0 Å². The van der Waals surface area contributed by atoms with Crippen molar-refractivity contribution in [3.8, 4) is 0 Å². The summed E-state index contributed by atoms with van der Waals surface area (Å²) >= 11 is 0. The third-order valence-corrected chi connectivity index (χ3v) is 12.0. The van der Waals surface area contributed by atoms with Crippen LogP contribution in [0.1, 0.15) is 67.2 Å². The van der Waals surface area contributed by atoms with Gasteiger partial charge in [0, 0.05) is 10.8 Å². The number of carbonyl (C=O) groups is 1. The van der Waals surface area contributed by atoms with Crippen molar-refractivity contribution in [2.24, 2.45) is 45.8 Å². The molecule has 3 aliphatic heterocycles. The van der Waals surface area contributed by atoms with Gasteiger partial charge in [-0.1, -0.05) is 38.8 Å². The zero-order valence-corrected chi connectivity index (χ0v) is 24.6. The normalized spacial score (nSPS) is 52.7. The smallest absolute Gasteiger partial charge is 0.315 e. The van der Waals surface area contributed by atoms with Crippen molar-refractivity contribution < 1.29 is 43.4 Å². The van der Waals surface area contributed by atoms with E-state index in [1.165, 1.54) is 0 Å². The summed E-state index contributed by atoms with van der Waals surface area (Å²) in [5.74, 6) is -0.482. The van der Waals surface area contributed by atoms with Crippen molar-refractivity contribution in [3.05, 3.63) is 11.6 Å². The summed E-state index contributed by atoms with van der Waals surface area (Å²) in [6.07, 6.45) is 1.97. The minimum absolute atomic E-state index is 0.0162. The molecule has 0 aromatic rings. The molecule has 9 nitrogen and oxygen atoms in total. The second-order valence-electron chi connectivity index (χ2n) is 14.5. The lowest BCUT2D eigenvalue weighted by molar-refractivity contribution is -0.294. The molecule has 7 aliphatic rings. The zero-order chi connectivity index (χ0) is 28.4. The van der Waals surface area contributed by atoms with Crippen molar-refractivity contribution in [2.75, 3.05) is 19.8 Å². The van der Waals surface area contributed by atoms with Gasteiger partial charge in [-0.15, -0.1) is 0 Å². The van der Waals surface area contributed by atoms with E-state index in [1.807, 2.05) is 20.8 Å². The van der Waals surface area contributed by atoms with Gasteiger partial charge in [-0.25, -0.2) is 0 Å². The van der Waals surface area contributed by atoms with Gasteiger partial charge in [0.2, 0.25) is 0 Å². The monoisotopic (exact) mass is 562 g/mol. The van der Waals surface area contributed by atoms with Gasteiger partial charge < -0.3 is 38.6 Å². The van der Waals surface area contributed by atoms with Crippen molar-refractivity contribution >= 4 is 5.97 Å². The van der Waals surface area contributed by atoms with Crippen molar-refractivity contribution in [1.82, 2.24) is 0 Å². The van der Waals surface area contributed by atoms with E-state index in [4.69, 9.17) is 28.4 Å². The number of aliphatic carboxylic acids is 1. The molecule has 12 atom stereocenters. The first-order chi connectivity index (χ1) is 18.9. The first-order valence-electron chi connectivity index (χ1n) is 15.4. The number of aliphatic hydroxyl groups excluding tert-OH is 1. The molecule has 0 amide bonds. The van der Waals surface area contributed by atoms with E-state index in [9.17, 15) is 15.0 Å². The van der Waals surface area contributed by atoms with Gasteiger partial charge >= 0.3 is 5.97 Å². The van der Waals surface area contributed by atoms with Crippen LogP contribution in [0.3, 0.4) is 0 Å². The van der Waals surface area contributed by atoms with Crippen LogP contribution >= 0.6 is 0 Å². The number of hydrogen-bond donors (Lipinski definition) is 2. The Hall–Kier alpha value is -1.07. The fourth-order valence-electron chi connectivity index (χ4n) is 10.9. The topological polar surface area (TPSA) is 113 Å². The average Bonchev–Trinajstić information content (AvgIpc) is 3.69. The molecular formula is C31H46O9. The van der Waals surface area contributed by atoms with E-state index < -0.39 is 58.9 Å². The maximum absolute atomic E-state index is 14.0. The Morgan fingerprint density at radius 2 is 1.80 bits per heavy atom. The van der Waals surface area contributed by atoms with Crippen molar-refractivity contribution in [3.63, 3.8) is 0 Å². The molecule has 7 rings (SSSR count). The van der Waals surface area contributed by atoms with Crippen LogP contribution in [0.4, 0.5) is 0 Å². The van der Waals surface area contributed by atoms with E-state index in [0.717, 1.165) is 31.3 Å². The zero-order valence-electron chi connectivity index (χ0n) is 24.6. The largest absolute Gasteiger partial charge is 0.481 e. The predicted molar refractivity (Wildman–Crippen MR) is 142 cm³/mol. The van der Waals surface area contributed by atoms with Gasteiger partial charge in [-0.2, -0.15) is 0 Å². The molecule has 224 valence electrons. The molecule has 40 heavy (non-hydrogen) atoms. The molecule has 4 bridgehead atoms. The summed E-state index contributed by atoms with van der Waals surface area (Å²) in [5, 5.41) is 22.8. The fraction of sp³-hybridized carbons (Fsp3) is 0.903. The van der Waals surface area contributed by atoms with E-state index in [0.29, 0.717) is 25.0 Å². The fourth-order valence-corrected chi connectivity index (χ4v) is 10.9. The molecule has 3 heterocycles. The first kappa shape index (κ1) is 27.7. The van der Waals surface area contributed by atoms with Crippen LogP contribution in [0, 0.1) is 45.8 Å². The van der Waals surface area contributed by atoms with Gasteiger partial charge in [-0.05, 0) is 69.6 Å². The van der Waals surface area contributed by atoms with Crippen LogP contribution in [0.15, 0.2) is 11.6 Å². The number of rotatable bonds is 6. The second kappa shape index (κ2) is 8.97. The minimum atomic E-state index is -1.18. The Morgan fingerprint density at radius 1 is 1.10 bits per heavy atom. The van der Waals surface area contributed by atoms with Crippen LogP contribution in [-0.2, 0) is 33.2 Å². The molecule has 2 N–H and O–H groups in total. The molecule has 6 fully saturated rings. The summed E-state index contributed by atoms with van der Waals surface area (Å²) in [7, 11) is 0. The molecular weight excluding hydrogens is 516 g/mol. The van der Waals surface area contributed by atoms with Crippen LogP contribution in [0.5, 0.6) is 0 Å². The number of ether oxygens (including phenoxy) is 6. The highest BCUT2D eigenvalue weighted by Crippen LogP contribution is 2.84. The summed E-state index contributed by atoms with van der Waals surface area (Å²) in [4.78, 5) is 14.0. The quantitative estimate of drug-likeness (QED) is 0.468. The van der Waals surface area contributed by atoms with Crippen molar-refractivity contribution in [1.29, 1.82) is 0 Å². The molecule has 7 unspecified atom stereocenters. The number of allylic oxidation sites excluding steroid dienone is 1. The number of carboxylic acids is 1. The van der Waals surface area contributed by atoms with Gasteiger partial charge in [0.1, 0.15) is 23.7 Å². The van der Waals surface area contributed by atoms with E-state index in [1.54, 1.807) is 0 Å². The van der Waals surface area contributed by atoms with E-state index in [2.05, 4.69) is 26.8 Å². The molecule has 0 aromatic heterocycles. The van der Waals surface area contributed by atoms with E-state index in [-0.39, 0.29) is 30.5 Å². The summed E-state index contributed by atoms with van der Waals surface area (Å²) in [5.41, 5.74) is -1.54. The van der Waals surface area contributed by atoms with Crippen LogP contribution in [0.25, 0.3) is 0 Å². The Kier molecular flexibility index (Phi) is 6.22. The number of hydrogen-bond acceptors (Lipinski definition) is 8. The van der Waals surface area contributed by atoms with Crippen LogP contribution < -0.4 is 0 Å². The average molecular weight is 563 g/mol. The van der Waals surface area contributed by atoms with Gasteiger partial charge in [-0.3, -0.25) is 4.79 Å². The maximum Gasteiger partial charge on any atom is 0.315 e. The third kappa shape index (κ3) is 3.26. The molecule has 0 radical (unpaired) electrons. The van der Waals surface area contributed by atoms with Crippen LogP contribution in [0.2, 0.25) is 0 Å². The molecule has 3 saturated heterocycles. The SMILES string of the molecule is CC(C)C1=CC2CC3(C4OCCO4)C4CCC(C)C4CC2(CO[C@@H]2O[C@H](C)[C@H]4OC(C)(C)O[C@H]4[C@@H]2O)C13C(=O)O. The second-order valence-corrected chi connectivity index (χ2v) is 14.5.